The van der Waals surface area contributed by atoms with Gasteiger partial charge in [0, 0.05) is 12.2 Å². The van der Waals surface area contributed by atoms with E-state index in [1.54, 1.807) is 0 Å². The number of hydrogen-bond acceptors (Lipinski definition) is 2. The first-order valence-corrected chi connectivity index (χ1v) is 5.00. The molecule has 70 valence electrons. The van der Waals surface area contributed by atoms with Gasteiger partial charge in [0.25, 0.3) is 0 Å². The van der Waals surface area contributed by atoms with E-state index in [1.807, 2.05) is 13.1 Å². The smallest absolute Gasteiger partial charge is 0.131 e. The van der Waals surface area contributed by atoms with E-state index >= 15 is 0 Å². The number of halogens is 1. The maximum absolute atomic E-state index is 5.86. The van der Waals surface area contributed by atoms with Gasteiger partial charge in [-0.1, -0.05) is 11.6 Å². The van der Waals surface area contributed by atoms with Gasteiger partial charge in [0.2, 0.25) is 0 Å². The summed E-state index contributed by atoms with van der Waals surface area (Å²) in [7, 11) is 0. The summed E-state index contributed by atoms with van der Waals surface area (Å²) in [5.74, 6) is 0. The average Bonchev–Trinajstić information content (AvgIpc) is 2.62. The van der Waals surface area contributed by atoms with Crippen LogP contribution in [0.25, 0.3) is 0 Å². The predicted octanol–water partition coefficient (Wildman–Crippen LogP) is 2.47. The highest BCUT2D eigenvalue weighted by Crippen LogP contribution is 2.24. The van der Waals surface area contributed by atoms with Crippen molar-refractivity contribution >= 4 is 11.6 Å². The van der Waals surface area contributed by atoms with Crippen LogP contribution in [0.1, 0.15) is 30.0 Å². The zero-order valence-electron chi connectivity index (χ0n) is 7.68. The largest absolute Gasteiger partial charge is 0.310 e. The van der Waals surface area contributed by atoms with Crippen LogP contribution >= 0.6 is 11.6 Å². The molecule has 1 aromatic heterocycles. The molecule has 0 radical (unpaired) electrons. The monoisotopic (exact) mass is 196 g/mol. The van der Waals surface area contributed by atoms with Crippen molar-refractivity contribution < 1.29 is 0 Å². The van der Waals surface area contributed by atoms with E-state index in [-0.39, 0.29) is 0 Å². The first-order chi connectivity index (χ1) is 6.27. The summed E-state index contributed by atoms with van der Waals surface area (Å²) in [4.78, 5) is 4.15. The van der Waals surface area contributed by atoms with Crippen LogP contribution in [0.5, 0.6) is 0 Å². The lowest BCUT2D eigenvalue weighted by Gasteiger charge is -2.10. The summed E-state index contributed by atoms with van der Waals surface area (Å²) in [5, 5.41) is 4.05. The van der Waals surface area contributed by atoms with Gasteiger partial charge in [-0.25, -0.2) is 4.98 Å². The molecule has 0 amide bonds. The molecule has 1 aliphatic rings. The molecule has 0 unspecified atom stereocenters. The lowest BCUT2D eigenvalue weighted by atomic mass is 10.1. The number of aromatic nitrogens is 1. The van der Waals surface area contributed by atoms with E-state index in [9.17, 15) is 0 Å². The molecule has 0 bridgehead atoms. The van der Waals surface area contributed by atoms with Crippen LogP contribution in [0.15, 0.2) is 12.3 Å². The second kappa shape index (κ2) is 3.64. The number of rotatable bonds is 1. The summed E-state index contributed by atoms with van der Waals surface area (Å²) in [6.07, 6.45) is 4.34. The topological polar surface area (TPSA) is 24.9 Å². The first-order valence-electron chi connectivity index (χ1n) is 4.63. The fraction of sp³-hybridized carbons (Fsp3) is 0.500. The second-order valence-corrected chi connectivity index (χ2v) is 3.88. The van der Waals surface area contributed by atoms with Crippen molar-refractivity contribution in [1.29, 1.82) is 0 Å². The third-order valence-electron chi connectivity index (χ3n) is 2.50. The van der Waals surface area contributed by atoms with Gasteiger partial charge < -0.3 is 5.32 Å². The zero-order chi connectivity index (χ0) is 9.26. The molecule has 2 rings (SSSR count). The standard InChI is InChI=1S/C10H13ClN2/c1-7-5-8(6-13-10(7)11)9-3-2-4-12-9/h5-6,9,12H,2-4H2,1H3/t9-/m1/s1. The van der Waals surface area contributed by atoms with Crippen molar-refractivity contribution in [2.24, 2.45) is 0 Å². The Labute approximate surface area is 83.3 Å². The Bertz CT molecular complexity index is 306. The molecule has 2 heterocycles. The Balaban J connectivity index is 2.25. The highest BCUT2D eigenvalue weighted by Gasteiger charge is 2.16. The molecule has 1 atom stereocenters. The van der Waals surface area contributed by atoms with Crippen LogP contribution in [-0.4, -0.2) is 11.5 Å². The zero-order valence-corrected chi connectivity index (χ0v) is 8.43. The maximum Gasteiger partial charge on any atom is 0.131 e. The van der Waals surface area contributed by atoms with Crippen molar-refractivity contribution in [3.8, 4) is 0 Å². The van der Waals surface area contributed by atoms with Crippen LogP contribution in [0, 0.1) is 6.92 Å². The van der Waals surface area contributed by atoms with Gasteiger partial charge in [0.15, 0.2) is 0 Å². The SMILES string of the molecule is Cc1cc([C@H]2CCCN2)cnc1Cl. The van der Waals surface area contributed by atoms with Gasteiger partial charge in [0.05, 0.1) is 0 Å². The summed E-state index contributed by atoms with van der Waals surface area (Å²) in [6, 6.07) is 2.61. The van der Waals surface area contributed by atoms with Crippen molar-refractivity contribution in [3.63, 3.8) is 0 Å². The Morgan fingerprint density at radius 1 is 1.62 bits per heavy atom. The Hall–Kier alpha value is -0.600. The van der Waals surface area contributed by atoms with Gasteiger partial charge in [-0.05, 0) is 43.5 Å². The number of nitrogens with one attached hydrogen (secondary N) is 1. The van der Waals surface area contributed by atoms with Gasteiger partial charge in [-0.2, -0.15) is 0 Å². The number of hydrogen-bond donors (Lipinski definition) is 1. The molecule has 1 aliphatic heterocycles. The van der Waals surface area contributed by atoms with E-state index < -0.39 is 0 Å². The molecule has 1 aromatic rings. The molecule has 3 heteroatoms. The molecule has 1 fully saturated rings. The van der Waals surface area contributed by atoms with E-state index in [2.05, 4.69) is 16.4 Å². The lowest BCUT2D eigenvalue weighted by molar-refractivity contribution is 0.644. The van der Waals surface area contributed by atoms with Crippen LogP contribution in [0.2, 0.25) is 5.15 Å². The Morgan fingerprint density at radius 2 is 2.46 bits per heavy atom. The van der Waals surface area contributed by atoms with Gasteiger partial charge >= 0.3 is 0 Å². The maximum atomic E-state index is 5.86. The Kier molecular flexibility index (Phi) is 2.51. The third kappa shape index (κ3) is 1.84. The van der Waals surface area contributed by atoms with Crippen LogP contribution in [0.4, 0.5) is 0 Å². The van der Waals surface area contributed by atoms with E-state index in [4.69, 9.17) is 11.6 Å². The highest BCUT2D eigenvalue weighted by molar-refractivity contribution is 6.30. The molecule has 0 saturated carbocycles. The minimum absolute atomic E-state index is 0.489. The minimum atomic E-state index is 0.489. The molecule has 2 nitrogen and oxygen atoms in total. The predicted molar refractivity (Wildman–Crippen MR) is 54.0 cm³/mol. The summed E-state index contributed by atoms with van der Waals surface area (Å²) < 4.78 is 0. The fourth-order valence-electron chi connectivity index (χ4n) is 1.74. The molecule has 1 N–H and O–H groups in total. The van der Waals surface area contributed by atoms with Crippen LogP contribution in [-0.2, 0) is 0 Å². The number of aryl methyl sites for hydroxylation is 1. The molecule has 0 spiro atoms. The first kappa shape index (κ1) is 8.97. The Morgan fingerprint density at radius 3 is 3.08 bits per heavy atom. The number of pyridine rings is 1. The van der Waals surface area contributed by atoms with E-state index in [1.165, 1.54) is 18.4 Å². The third-order valence-corrected chi connectivity index (χ3v) is 2.89. The minimum Gasteiger partial charge on any atom is -0.310 e. The lowest BCUT2D eigenvalue weighted by Crippen LogP contribution is -2.13. The van der Waals surface area contributed by atoms with Crippen molar-refractivity contribution in [1.82, 2.24) is 10.3 Å². The van der Waals surface area contributed by atoms with Gasteiger partial charge in [-0.3, -0.25) is 0 Å². The second-order valence-electron chi connectivity index (χ2n) is 3.53. The van der Waals surface area contributed by atoms with Crippen LogP contribution in [0.3, 0.4) is 0 Å². The normalized spacial score (nSPS) is 22.2. The van der Waals surface area contributed by atoms with Gasteiger partial charge in [-0.15, -0.1) is 0 Å². The highest BCUT2D eigenvalue weighted by atomic mass is 35.5. The molecular weight excluding hydrogens is 184 g/mol. The molecule has 1 saturated heterocycles. The average molecular weight is 197 g/mol. The van der Waals surface area contributed by atoms with Crippen molar-refractivity contribution in [2.75, 3.05) is 6.54 Å². The summed E-state index contributed by atoms with van der Waals surface area (Å²) >= 11 is 5.86. The van der Waals surface area contributed by atoms with Crippen molar-refractivity contribution in [3.05, 3.63) is 28.5 Å². The van der Waals surface area contributed by atoms with E-state index in [0.717, 1.165) is 12.1 Å². The van der Waals surface area contributed by atoms with E-state index in [0.29, 0.717) is 11.2 Å². The van der Waals surface area contributed by atoms with Crippen molar-refractivity contribution in [2.45, 2.75) is 25.8 Å². The molecule has 13 heavy (non-hydrogen) atoms. The van der Waals surface area contributed by atoms with Gasteiger partial charge in [0.1, 0.15) is 5.15 Å². The quantitative estimate of drug-likeness (QED) is 0.699. The number of nitrogens with zero attached hydrogens (tertiary/aromatic N) is 1. The molecule has 0 aliphatic carbocycles. The molecular formula is C10H13ClN2. The molecule has 0 aromatic carbocycles. The van der Waals surface area contributed by atoms with Crippen LogP contribution < -0.4 is 5.32 Å². The summed E-state index contributed by atoms with van der Waals surface area (Å²) in [5.41, 5.74) is 2.33. The fourth-order valence-corrected chi connectivity index (χ4v) is 1.84. The summed E-state index contributed by atoms with van der Waals surface area (Å²) in [6.45, 7) is 3.11.